The van der Waals surface area contributed by atoms with E-state index in [9.17, 15) is 4.79 Å². The third kappa shape index (κ3) is 8.34. The maximum Gasteiger partial charge on any atom is 0.305 e. The number of benzene rings is 1. The van der Waals surface area contributed by atoms with E-state index in [2.05, 4.69) is 48.1 Å². The first-order valence-corrected chi connectivity index (χ1v) is 8.08. The highest BCUT2D eigenvalue weighted by Gasteiger charge is 2.00. The molecule has 1 aromatic rings. The van der Waals surface area contributed by atoms with Gasteiger partial charge in [-0.2, -0.15) is 0 Å². The van der Waals surface area contributed by atoms with Crippen LogP contribution in [-0.4, -0.2) is 13.1 Å². The van der Waals surface area contributed by atoms with E-state index in [0.29, 0.717) is 6.42 Å². The number of hydrogen-bond acceptors (Lipinski definition) is 2. The minimum atomic E-state index is -0.151. The van der Waals surface area contributed by atoms with E-state index in [1.54, 1.807) is 0 Å². The van der Waals surface area contributed by atoms with Gasteiger partial charge in [0.25, 0.3) is 0 Å². The number of aryl methyl sites for hydroxylation is 1. The van der Waals surface area contributed by atoms with Crippen molar-refractivity contribution in [1.29, 1.82) is 0 Å². The van der Waals surface area contributed by atoms with Crippen molar-refractivity contribution in [2.24, 2.45) is 0 Å². The number of methoxy groups -OCH3 is 1. The van der Waals surface area contributed by atoms with Crippen molar-refractivity contribution in [3.8, 4) is 0 Å². The summed E-state index contributed by atoms with van der Waals surface area (Å²) in [6.07, 6.45) is 13.4. The molecule has 0 heterocycles. The molecule has 0 spiro atoms. The van der Waals surface area contributed by atoms with Crippen LogP contribution in [0, 0.1) is 0 Å². The normalized spacial score (nSPS) is 11.0. The summed E-state index contributed by atoms with van der Waals surface area (Å²) in [5.74, 6) is -0.151. The van der Waals surface area contributed by atoms with Crippen molar-refractivity contribution < 1.29 is 9.53 Å². The molecular weight excluding hydrogens is 260 g/mol. The second kappa shape index (κ2) is 11.1. The average Bonchev–Trinajstić information content (AvgIpc) is 2.52. The SMILES string of the molecule is CCCCCCC/C=C\c1ccc(CCC(=O)OC)cc1. The van der Waals surface area contributed by atoms with E-state index in [4.69, 9.17) is 0 Å². The van der Waals surface area contributed by atoms with Crippen molar-refractivity contribution in [3.63, 3.8) is 0 Å². The molecule has 0 N–H and O–H groups in total. The summed E-state index contributed by atoms with van der Waals surface area (Å²) in [4.78, 5) is 11.1. The molecule has 2 nitrogen and oxygen atoms in total. The van der Waals surface area contributed by atoms with E-state index in [-0.39, 0.29) is 5.97 Å². The molecular formula is C19H28O2. The Bertz CT molecular complexity index is 418. The van der Waals surface area contributed by atoms with Crippen LogP contribution in [0.5, 0.6) is 0 Å². The molecule has 0 aliphatic rings. The molecule has 1 rings (SSSR count). The minimum Gasteiger partial charge on any atom is -0.469 e. The van der Waals surface area contributed by atoms with Gasteiger partial charge >= 0.3 is 5.97 Å². The topological polar surface area (TPSA) is 26.3 Å². The Kier molecular flexibility index (Phi) is 9.26. The van der Waals surface area contributed by atoms with Crippen LogP contribution in [0.25, 0.3) is 6.08 Å². The van der Waals surface area contributed by atoms with Crippen molar-refractivity contribution in [2.45, 2.75) is 58.3 Å². The fourth-order valence-electron chi connectivity index (χ4n) is 2.23. The van der Waals surface area contributed by atoms with E-state index in [1.807, 2.05) is 0 Å². The Hall–Kier alpha value is -1.57. The number of esters is 1. The molecule has 0 aromatic heterocycles. The highest BCUT2D eigenvalue weighted by molar-refractivity contribution is 5.69. The first-order valence-electron chi connectivity index (χ1n) is 8.08. The minimum absolute atomic E-state index is 0.151. The quantitative estimate of drug-likeness (QED) is 0.439. The number of carbonyl (C=O) groups is 1. The van der Waals surface area contributed by atoms with Crippen molar-refractivity contribution >= 4 is 12.0 Å². The van der Waals surface area contributed by atoms with Gasteiger partial charge in [0, 0.05) is 6.42 Å². The molecule has 0 aliphatic heterocycles. The van der Waals surface area contributed by atoms with Crippen LogP contribution < -0.4 is 0 Å². The summed E-state index contributed by atoms with van der Waals surface area (Å²) in [6.45, 7) is 2.24. The van der Waals surface area contributed by atoms with Gasteiger partial charge in [0.15, 0.2) is 0 Å². The zero-order chi connectivity index (χ0) is 15.3. The second-order valence-corrected chi connectivity index (χ2v) is 5.42. The molecule has 0 saturated heterocycles. The predicted octanol–water partition coefficient (Wildman–Crippen LogP) is 5.17. The lowest BCUT2D eigenvalue weighted by Gasteiger charge is -2.01. The van der Waals surface area contributed by atoms with E-state index in [0.717, 1.165) is 12.8 Å². The standard InChI is InChI=1S/C19H28O2/c1-3-4-5-6-7-8-9-10-17-11-13-18(14-12-17)15-16-19(20)21-2/h9-14H,3-8,15-16H2,1-2H3/b10-9-. The highest BCUT2D eigenvalue weighted by atomic mass is 16.5. The summed E-state index contributed by atoms with van der Waals surface area (Å²) < 4.78 is 4.65. The summed E-state index contributed by atoms with van der Waals surface area (Å²) >= 11 is 0. The zero-order valence-electron chi connectivity index (χ0n) is 13.4. The Balaban J connectivity index is 2.25. The molecule has 0 saturated carbocycles. The predicted molar refractivity (Wildman–Crippen MR) is 89.2 cm³/mol. The van der Waals surface area contributed by atoms with Gasteiger partial charge in [-0.3, -0.25) is 4.79 Å². The van der Waals surface area contributed by atoms with Crippen LogP contribution in [0.3, 0.4) is 0 Å². The average molecular weight is 288 g/mol. The number of ether oxygens (including phenoxy) is 1. The van der Waals surface area contributed by atoms with Crippen molar-refractivity contribution in [2.75, 3.05) is 7.11 Å². The van der Waals surface area contributed by atoms with Crippen LogP contribution in [0.1, 0.15) is 63.0 Å². The van der Waals surface area contributed by atoms with Gasteiger partial charge in [-0.25, -0.2) is 0 Å². The zero-order valence-corrected chi connectivity index (χ0v) is 13.4. The third-order valence-corrected chi connectivity index (χ3v) is 3.61. The smallest absolute Gasteiger partial charge is 0.305 e. The largest absolute Gasteiger partial charge is 0.469 e. The van der Waals surface area contributed by atoms with Gasteiger partial charge in [-0.15, -0.1) is 0 Å². The van der Waals surface area contributed by atoms with Gasteiger partial charge in [0.2, 0.25) is 0 Å². The number of hydrogen-bond donors (Lipinski definition) is 0. The molecule has 116 valence electrons. The first-order chi connectivity index (χ1) is 10.3. The number of rotatable bonds is 10. The number of allylic oxidation sites excluding steroid dienone is 1. The molecule has 0 amide bonds. The van der Waals surface area contributed by atoms with Crippen molar-refractivity contribution in [1.82, 2.24) is 0 Å². The molecule has 0 atom stereocenters. The van der Waals surface area contributed by atoms with E-state index in [1.165, 1.54) is 50.3 Å². The van der Waals surface area contributed by atoms with Gasteiger partial charge < -0.3 is 4.74 Å². The second-order valence-electron chi connectivity index (χ2n) is 5.42. The molecule has 0 aliphatic carbocycles. The maximum atomic E-state index is 11.1. The lowest BCUT2D eigenvalue weighted by Crippen LogP contribution is -2.01. The Labute approximate surface area is 129 Å². The van der Waals surface area contributed by atoms with Crippen LogP contribution in [0.4, 0.5) is 0 Å². The fraction of sp³-hybridized carbons (Fsp3) is 0.526. The summed E-state index contributed by atoms with van der Waals surface area (Å²) in [5.41, 5.74) is 2.41. The molecule has 2 heteroatoms. The molecule has 1 aromatic carbocycles. The molecule has 0 fully saturated rings. The molecule has 0 radical (unpaired) electrons. The summed E-state index contributed by atoms with van der Waals surface area (Å²) in [6, 6.07) is 8.40. The van der Waals surface area contributed by atoms with Gasteiger partial charge in [-0.05, 0) is 30.4 Å². The lowest BCUT2D eigenvalue weighted by molar-refractivity contribution is -0.140. The van der Waals surface area contributed by atoms with Crippen LogP contribution in [0.2, 0.25) is 0 Å². The Morgan fingerprint density at radius 3 is 2.48 bits per heavy atom. The number of unbranched alkanes of at least 4 members (excludes halogenated alkanes) is 5. The van der Waals surface area contributed by atoms with Crippen LogP contribution in [-0.2, 0) is 16.0 Å². The molecule has 0 bridgehead atoms. The van der Waals surface area contributed by atoms with Gasteiger partial charge in [-0.1, -0.05) is 69.0 Å². The first kappa shape index (κ1) is 17.5. The monoisotopic (exact) mass is 288 g/mol. The summed E-state index contributed by atoms with van der Waals surface area (Å²) in [7, 11) is 1.43. The highest BCUT2D eigenvalue weighted by Crippen LogP contribution is 2.10. The number of carbonyl (C=O) groups excluding carboxylic acids is 1. The van der Waals surface area contributed by atoms with Gasteiger partial charge in [0.05, 0.1) is 7.11 Å². The fourth-order valence-corrected chi connectivity index (χ4v) is 2.23. The lowest BCUT2D eigenvalue weighted by atomic mass is 10.1. The van der Waals surface area contributed by atoms with E-state index >= 15 is 0 Å². The molecule has 0 unspecified atom stereocenters. The van der Waals surface area contributed by atoms with Crippen LogP contribution in [0.15, 0.2) is 30.3 Å². The van der Waals surface area contributed by atoms with Crippen molar-refractivity contribution in [3.05, 3.63) is 41.5 Å². The Morgan fingerprint density at radius 2 is 1.81 bits per heavy atom. The summed E-state index contributed by atoms with van der Waals surface area (Å²) in [5, 5.41) is 0. The van der Waals surface area contributed by atoms with Gasteiger partial charge in [0.1, 0.15) is 0 Å². The Morgan fingerprint density at radius 1 is 1.10 bits per heavy atom. The molecule has 21 heavy (non-hydrogen) atoms. The van der Waals surface area contributed by atoms with Crippen LogP contribution >= 0.6 is 0 Å². The maximum absolute atomic E-state index is 11.1. The van der Waals surface area contributed by atoms with E-state index < -0.39 is 0 Å². The third-order valence-electron chi connectivity index (χ3n) is 3.61.